The third-order valence-corrected chi connectivity index (χ3v) is 5.14. The van der Waals surface area contributed by atoms with Crippen LogP contribution in [0.25, 0.3) is 11.0 Å². The first kappa shape index (κ1) is 17.6. The Kier molecular flexibility index (Phi) is 3.65. The number of rotatable bonds is 2. The summed E-state index contributed by atoms with van der Waals surface area (Å²) in [5.41, 5.74) is 1.56. The highest BCUT2D eigenvalue weighted by atomic mass is 16.7. The lowest BCUT2D eigenvalue weighted by Crippen LogP contribution is -2.35. The van der Waals surface area contributed by atoms with Crippen LogP contribution in [-0.2, 0) is 0 Å². The molecule has 1 N–H and O–H groups in total. The van der Waals surface area contributed by atoms with Crippen LogP contribution < -0.4 is 19.5 Å². The van der Waals surface area contributed by atoms with E-state index in [1.807, 2.05) is 13.8 Å². The minimum absolute atomic E-state index is 0.0199. The Morgan fingerprint density at radius 3 is 2.66 bits per heavy atom. The van der Waals surface area contributed by atoms with Gasteiger partial charge in [0.05, 0.1) is 12.0 Å². The van der Waals surface area contributed by atoms with Gasteiger partial charge in [0.15, 0.2) is 23.0 Å². The fourth-order valence-electron chi connectivity index (χ4n) is 3.87. The van der Waals surface area contributed by atoms with Crippen LogP contribution in [-0.4, -0.2) is 24.1 Å². The van der Waals surface area contributed by atoms with Gasteiger partial charge in [-0.3, -0.25) is 9.59 Å². The Labute approximate surface area is 166 Å². The van der Waals surface area contributed by atoms with E-state index in [1.54, 1.807) is 37.3 Å². The molecule has 2 aliphatic rings. The molecule has 3 heterocycles. The van der Waals surface area contributed by atoms with Crippen molar-refractivity contribution in [3.63, 3.8) is 0 Å². The Hall–Kier alpha value is -3.48. The topological polar surface area (TPSA) is 87.0 Å². The molecule has 7 nitrogen and oxygen atoms in total. The highest BCUT2D eigenvalue weighted by molar-refractivity contribution is 6.14. The van der Waals surface area contributed by atoms with Crippen LogP contribution in [0.15, 0.2) is 34.7 Å². The van der Waals surface area contributed by atoms with Gasteiger partial charge in [0.2, 0.25) is 6.79 Å². The molecule has 0 unspecified atom stereocenters. The van der Waals surface area contributed by atoms with Gasteiger partial charge in [-0.1, -0.05) is 0 Å². The molecular formula is C22H19NO6. The quantitative estimate of drug-likeness (QED) is 0.691. The Morgan fingerprint density at radius 1 is 1.07 bits per heavy atom. The van der Waals surface area contributed by atoms with E-state index >= 15 is 0 Å². The highest BCUT2D eigenvalue weighted by Gasteiger charge is 2.35. The minimum Gasteiger partial charge on any atom is -0.487 e. The van der Waals surface area contributed by atoms with Gasteiger partial charge in [0.1, 0.15) is 16.9 Å². The van der Waals surface area contributed by atoms with Crippen molar-refractivity contribution in [2.24, 2.45) is 0 Å². The van der Waals surface area contributed by atoms with Crippen molar-refractivity contribution < 1.29 is 28.2 Å². The van der Waals surface area contributed by atoms with E-state index in [0.29, 0.717) is 45.0 Å². The smallest absolute Gasteiger partial charge is 0.291 e. The molecule has 0 bridgehead atoms. The molecule has 1 aromatic heterocycles. The summed E-state index contributed by atoms with van der Waals surface area (Å²) >= 11 is 0. The number of carbonyl (C=O) groups excluding carboxylic acids is 2. The molecule has 7 heteroatoms. The van der Waals surface area contributed by atoms with Crippen LogP contribution in [0.3, 0.4) is 0 Å². The number of fused-ring (bicyclic) bond motifs is 4. The Morgan fingerprint density at radius 2 is 1.83 bits per heavy atom. The van der Waals surface area contributed by atoms with Crippen LogP contribution in [0, 0.1) is 6.92 Å². The summed E-state index contributed by atoms with van der Waals surface area (Å²) in [4.78, 5) is 25.7. The molecule has 148 valence electrons. The van der Waals surface area contributed by atoms with Gasteiger partial charge >= 0.3 is 0 Å². The average molecular weight is 393 g/mol. The average Bonchev–Trinajstić information content (AvgIpc) is 3.24. The van der Waals surface area contributed by atoms with Crippen LogP contribution in [0.1, 0.15) is 46.7 Å². The zero-order valence-electron chi connectivity index (χ0n) is 16.3. The number of ether oxygens (including phenoxy) is 3. The molecule has 2 aromatic carbocycles. The number of hydrogen-bond donors (Lipinski definition) is 1. The largest absolute Gasteiger partial charge is 0.487 e. The first-order valence-corrected chi connectivity index (χ1v) is 9.32. The fourth-order valence-corrected chi connectivity index (χ4v) is 3.87. The number of anilines is 1. The summed E-state index contributed by atoms with van der Waals surface area (Å²) in [6.07, 6.45) is 0.266. The second-order valence-corrected chi connectivity index (χ2v) is 7.85. The molecule has 0 saturated heterocycles. The standard InChI is InChI=1S/C22H19NO6/c1-11-18-15(6-7-16-19(18)13(24)9-22(2,3)29-16)28-20(11)21(25)23-12-4-5-14-17(8-12)27-10-26-14/h4-8H,9-10H2,1-3H3,(H,23,25). The van der Waals surface area contributed by atoms with E-state index in [1.165, 1.54) is 0 Å². The minimum atomic E-state index is -0.561. The third kappa shape index (κ3) is 2.81. The Balaban J connectivity index is 1.53. The maximum Gasteiger partial charge on any atom is 0.291 e. The number of amides is 1. The van der Waals surface area contributed by atoms with Crippen LogP contribution in [0.4, 0.5) is 5.69 Å². The number of aryl methyl sites for hydroxylation is 1. The summed E-state index contributed by atoms with van der Waals surface area (Å²) in [5.74, 6) is 1.46. The van der Waals surface area contributed by atoms with Crippen molar-refractivity contribution in [3.05, 3.63) is 47.2 Å². The van der Waals surface area contributed by atoms with Crippen LogP contribution in [0.2, 0.25) is 0 Å². The van der Waals surface area contributed by atoms with Gasteiger partial charge in [-0.05, 0) is 45.0 Å². The molecule has 29 heavy (non-hydrogen) atoms. The van der Waals surface area contributed by atoms with Gasteiger partial charge in [-0.25, -0.2) is 0 Å². The fraction of sp³-hybridized carbons (Fsp3) is 0.273. The van der Waals surface area contributed by atoms with E-state index in [9.17, 15) is 9.59 Å². The summed E-state index contributed by atoms with van der Waals surface area (Å²) < 4.78 is 22.4. The number of nitrogens with one attached hydrogen (secondary N) is 1. The van der Waals surface area contributed by atoms with Crippen molar-refractivity contribution in [1.82, 2.24) is 0 Å². The molecule has 3 aromatic rings. The second kappa shape index (κ2) is 6.01. The first-order valence-electron chi connectivity index (χ1n) is 9.32. The summed E-state index contributed by atoms with van der Waals surface area (Å²) in [6, 6.07) is 8.61. The SMILES string of the molecule is Cc1c(C(=O)Nc2ccc3c(c2)OCO3)oc2ccc3c(c12)C(=O)CC(C)(C)O3. The summed E-state index contributed by atoms with van der Waals surface area (Å²) in [7, 11) is 0. The second-order valence-electron chi connectivity index (χ2n) is 7.85. The van der Waals surface area contributed by atoms with Crippen molar-refractivity contribution in [3.8, 4) is 17.2 Å². The predicted molar refractivity (Wildman–Crippen MR) is 105 cm³/mol. The van der Waals surface area contributed by atoms with Crippen molar-refractivity contribution >= 4 is 28.3 Å². The molecule has 0 saturated carbocycles. The number of carbonyl (C=O) groups is 2. The molecule has 0 spiro atoms. The first-order chi connectivity index (χ1) is 13.8. The van der Waals surface area contributed by atoms with Gasteiger partial charge in [-0.2, -0.15) is 0 Å². The van der Waals surface area contributed by atoms with Gasteiger partial charge < -0.3 is 23.9 Å². The van der Waals surface area contributed by atoms with E-state index in [2.05, 4.69) is 5.32 Å². The van der Waals surface area contributed by atoms with E-state index in [-0.39, 0.29) is 24.8 Å². The maximum absolute atomic E-state index is 12.9. The van der Waals surface area contributed by atoms with Crippen molar-refractivity contribution in [2.75, 3.05) is 12.1 Å². The third-order valence-electron chi connectivity index (χ3n) is 5.14. The molecular weight excluding hydrogens is 374 g/mol. The van der Waals surface area contributed by atoms with E-state index in [4.69, 9.17) is 18.6 Å². The number of Topliss-reactive ketones (excluding diaryl/α,β-unsaturated/α-hetero) is 1. The van der Waals surface area contributed by atoms with Crippen LogP contribution >= 0.6 is 0 Å². The lowest BCUT2D eigenvalue weighted by atomic mass is 9.90. The predicted octanol–water partition coefficient (Wildman–Crippen LogP) is 4.47. The highest BCUT2D eigenvalue weighted by Crippen LogP contribution is 2.41. The van der Waals surface area contributed by atoms with Gasteiger partial charge in [0.25, 0.3) is 5.91 Å². The molecule has 5 rings (SSSR count). The molecule has 1 amide bonds. The number of ketones is 1. The van der Waals surface area contributed by atoms with Crippen molar-refractivity contribution in [1.29, 1.82) is 0 Å². The molecule has 0 fully saturated rings. The van der Waals surface area contributed by atoms with Gasteiger partial charge in [0, 0.05) is 22.7 Å². The van der Waals surface area contributed by atoms with Gasteiger partial charge in [-0.15, -0.1) is 0 Å². The molecule has 0 atom stereocenters. The number of benzene rings is 2. The zero-order chi connectivity index (χ0) is 20.3. The lowest BCUT2D eigenvalue weighted by Gasteiger charge is -2.31. The number of furan rings is 1. The number of hydrogen-bond acceptors (Lipinski definition) is 6. The van der Waals surface area contributed by atoms with Crippen molar-refractivity contribution in [2.45, 2.75) is 32.8 Å². The molecule has 0 radical (unpaired) electrons. The maximum atomic E-state index is 12.9. The zero-order valence-corrected chi connectivity index (χ0v) is 16.3. The monoisotopic (exact) mass is 393 g/mol. The summed E-state index contributed by atoms with van der Waals surface area (Å²) in [5, 5.41) is 3.43. The van der Waals surface area contributed by atoms with E-state index in [0.717, 1.165) is 0 Å². The normalized spacial score (nSPS) is 16.4. The Bertz CT molecular complexity index is 1190. The molecule has 0 aliphatic carbocycles. The molecule has 2 aliphatic heterocycles. The summed E-state index contributed by atoms with van der Waals surface area (Å²) in [6.45, 7) is 5.69. The van der Waals surface area contributed by atoms with E-state index < -0.39 is 11.5 Å². The lowest BCUT2D eigenvalue weighted by molar-refractivity contribution is 0.0623. The van der Waals surface area contributed by atoms with Crippen LogP contribution in [0.5, 0.6) is 17.2 Å².